The molecule has 0 radical (unpaired) electrons. The number of hydrogen-bond acceptors (Lipinski definition) is 7. The average molecular weight is 509 g/mol. The van der Waals surface area contributed by atoms with Crippen molar-refractivity contribution in [3.63, 3.8) is 0 Å². The summed E-state index contributed by atoms with van der Waals surface area (Å²) in [6, 6.07) is 18.6. The number of anilines is 1. The van der Waals surface area contributed by atoms with E-state index in [0.717, 1.165) is 24.0 Å². The number of aromatic nitrogens is 3. The lowest BCUT2D eigenvalue weighted by Gasteiger charge is -2.20. The highest BCUT2D eigenvalue weighted by Crippen LogP contribution is 2.37. The maximum absolute atomic E-state index is 13.4. The summed E-state index contributed by atoms with van der Waals surface area (Å²) >= 11 is 0. The minimum absolute atomic E-state index is 0.175. The predicted octanol–water partition coefficient (Wildman–Crippen LogP) is 5.55. The highest BCUT2D eigenvalue weighted by atomic mass is 16.6. The van der Waals surface area contributed by atoms with Crippen LogP contribution in [0.5, 0.6) is 0 Å². The maximum atomic E-state index is 13.4. The molecule has 0 bridgehead atoms. The first-order valence-electron chi connectivity index (χ1n) is 12.6. The number of aryl methyl sites for hydroxylation is 1. The van der Waals surface area contributed by atoms with Crippen LogP contribution in [0, 0.1) is 6.92 Å². The molecule has 0 saturated carbocycles. The fraction of sp³-hybridized carbons (Fsp3) is 0.200. The van der Waals surface area contributed by atoms with Gasteiger partial charge in [-0.3, -0.25) is 4.84 Å². The van der Waals surface area contributed by atoms with Crippen molar-refractivity contribution >= 4 is 22.8 Å². The molecule has 0 aliphatic heterocycles. The van der Waals surface area contributed by atoms with Gasteiger partial charge in [0, 0.05) is 5.56 Å². The molecule has 0 fully saturated rings. The number of allylic oxidation sites excluding steroid dienone is 2. The van der Waals surface area contributed by atoms with E-state index in [9.17, 15) is 9.59 Å². The number of carbonyl (C=O) groups excluding carboxylic acids is 1. The normalized spacial score (nSPS) is 12.8. The average Bonchev–Trinajstić information content (AvgIpc) is 2.94. The Morgan fingerprint density at radius 3 is 2.45 bits per heavy atom. The van der Waals surface area contributed by atoms with E-state index in [0.29, 0.717) is 33.5 Å². The smallest absolute Gasteiger partial charge is 0.355 e. The SMILES string of the molecule is CCOC(=O)c1c(C)nc2c(c(NOCC3=CCCC=C3)nc(=O)n2-c2ccccc2)c1-c1ccccc1. The predicted molar refractivity (Wildman–Crippen MR) is 147 cm³/mol. The standard InChI is InChI=1S/C30H28N4O4/c1-3-37-29(35)24-20(2)31-28-26(25(24)22-15-9-5-10-16-22)27(33-38-19-21-13-7-4-8-14-21)32-30(36)34(28)23-17-11-6-12-18-23/h5-7,9-18H,3-4,8,19H2,1-2H3,(H,32,33,36). The molecular weight excluding hydrogens is 480 g/mol. The van der Waals surface area contributed by atoms with Gasteiger partial charge in [-0.15, -0.1) is 0 Å². The van der Waals surface area contributed by atoms with E-state index in [-0.39, 0.29) is 19.0 Å². The van der Waals surface area contributed by atoms with Crippen LogP contribution in [0.4, 0.5) is 5.82 Å². The largest absolute Gasteiger partial charge is 0.462 e. The molecule has 1 N–H and O–H groups in total. The zero-order chi connectivity index (χ0) is 26.5. The Labute approximate surface area is 220 Å². The van der Waals surface area contributed by atoms with E-state index in [1.54, 1.807) is 13.8 Å². The molecular formula is C30H28N4O4. The second-order valence-electron chi connectivity index (χ2n) is 8.80. The highest BCUT2D eigenvalue weighted by molar-refractivity contribution is 6.10. The molecule has 1 aliphatic carbocycles. The number of nitrogens with one attached hydrogen (secondary N) is 1. The zero-order valence-corrected chi connectivity index (χ0v) is 21.3. The Balaban J connectivity index is 1.79. The monoisotopic (exact) mass is 508 g/mol. The van der Waals surface area contributed by atoms with Crippen LogP contribution in [0.1, 0.15) is 35.8 Å². The van der Waals surface area contributed by atoms with Crippen LogP contribution in [0.15, 0.2) is 89.3 Å². The van der Waals surface area contributed by atoms with Gasteiger partial charge in [0.1, 0.15) is 0 Å². The fourth-order valence-corrected chi connectivity index (χ4v) is 4.56. The molecule has 0 amide bonds. The molecule has 8 heteroatoms. The Hall–Kier alpha value is -4.56. The minimum atomic E-state index is -0.527. The van der Waals surface area contributed by atoms with Crippen LogP contribution >= 0.6 is 0 Å². The van der Waals surface area contributed by atoms with E-state index >= 15 is 0 Å². The van der Waals surface area contributed by atoms with Crippen molar-refractivity contribution in [2.24, 2.45) is 0 Å². The molecule has 2 heterocycles. The van der Waals surface area contributed by atoms with Crippen LogP contribution in [0.2, 0.25) is 0 Å². The van der Waals surface area contributed by atoms with E-state index in [1.807, 2.05) is 66.7 Å². The lowest BCUT2D eigenvalue weighted by Crippen LogP contribution is -2.25. The summed E-state index contributed by atoms with van der Waals surface area (Å²) in [4.78, 5) is 41.6. The summed E-state index contributed by atoms with van der Waals surface area (Å²) in [6.45, 7) is 3.99. The third-order valence-corrected chi connectivity index (χ3v) is 6.24. The Kier molecular flexibility index (Phi) is 7.42. The van der Waals surface area contributed by atoms with Gasteiger partial charge in [-0.2, -0.15) is 4.98 Å². The van der Waals surface area contributed by atoms with Crippen molar-refractivity contribution < 1.29 is 14.4 Å². The number of pyridine rings is 1. The van der Waals surface area contributed by atoms with Crippen LogP contribution in [-0.2, 0) is 9.57 Å². The lowest BCUT2D eigenvalue weighted by atomic mass is 9.95. The molecule has 38 heavy (non-hydrogen) atoms. The van der Waals surface area contributed by atoms with Crippen molar-refractivity contribution in [2.75, 3.05) is 18.7 Å². The van der Waals surface area contributed by atoms with E-state index < -0.39 is 11.7 Å². The molecule has 192 valence electrons. The summed E-state index contributed by atoms with van der Waals surface area (Å²) in [5.41, 5.74) is 6.41. The molecule has 0 saturated heterocycles. The van der Waals surface area contributed by atoms with Crippen molar-refractivity contribution in [3.8, 4) is 16.8 Å². The third kappa shape index (κ3) is 4.99. The van der Waals surface area contributed by atoms with Crippen LogP contribution in [-0.4, -0.2) is 33.7 Å². The first kappa shape index (κ1) is 25.1. The first-order valence-corrected chi connectivity index (χ1v) is 12.6. The van der Waals surface area contributed by atoms with Gasteiger partial charge in [0.25, 0.3) is 0 Å². The van der Waals surface area contributed by atoms with Crippen molar-refractivity contribution in [3.05, 3.63) is 106 Å². The highest BCUT2D eigenvalue weighted by Gasteiger charge is 2.26. The second kappa shape index (κ2) is 11.2. The Bertz CT molecular complexity index is 1590. The molecule has 8 nitrogen and oxygen atoms in total. The van der Waals surface area contributed by atoms with Crippen molar-refractivity contribution in [2.45, 2.75) is 26.7 Å². The van der Waals surface area contributed by atoms with Gasteiger partial charge in [0.2, 0.25) is 0 Å². The van der Waals surface area contributed by atoms with Crippen LogP contribution in [0.25, 0.3) is 27.8 Å². The number of rotatable bonds is 8. The number of nitrogens with zero attached hydrogens (tertiary/aromatic N) is 3. The van der Waals surface area contributed by atoms with Gasteiger partial charge >= 0.3 is 11.7 Å². The number of hydrogen-bond donors (Lipinski definition) is 1. The summed E-state index contributed by atoms with van der Waals surface area (Å²) in [6.07, 6.45) is 8.18. The van der Waals surface area contributed by atoms with Gasteiger partial charge in [-0.1, -0.05) is 66.8 Å². The molecule has 0 unspecified atom stereocenters. The molecule has 0 spiro atoms. The fourth-order valence-electron chi connectivity index (χ4n) is 4.56. The van der Waals surface area contributed by atoms with Gasteiger partial charge < -0.3 is 4.74 Å². The minimum Gasteiger partial charge on any atom is -0.462 e. The van der Waals surface area contributed by atoms with E-state index in [1.165, 1.54) is 4.57 Å². The maximum Gasteiger partial charge on any atom is 0.355 e. The number of fused-ring (bicyclic) bond motifs is 1. The zero-order valence-electron chi connectivity index (χ0n) is 21.3. The molecule has 1 aliphatic rings. The number of esters is 1. The Morgan fingerprint density at radius 2 is 1.76 bits per heavy atom. The molecule has 4 aromatic rings. The number of benzene rings is 2. The van der Waals surface area contributed by atoms with Gasteiger partial charge in [0.15, 0.2) is 11.5 Å². The number of para-hydroxylation sites is 1. The van der Waals surface area contributed by atoms with Gasteiger partial charge in [-0.05, 0) is 50.0 Å². The van der Waals surface area contributed by atoms with Crippen LogP contribution < -0.4 is 11.2 Å². The van der Waals surface area contributed by atoms with Crippen LogP contribution in [0.3, 0.4) is 0 Å². The van der Waals surface area contributed by atoms with Crippen molar-refractivity contribution in [1.82, 2.24) is 14.5 Å². The van der Waals surface area contributed by atoms with Gasteiger partial charge in [0.05, 0.1) is 35.5 Å². The number of carbonyl (C=O) groups is 1. The second-order valence-corrected chi connectivity index (χ2v) is 8.80. The Morgan fingerprint density at radius 1 is 1.03 bits per heavy atom. The lowest BCUT2D eigenvalue weighted by molar-refractivity contribution is 0.0526. The van der Waals surface area contributed by atoms with E-state index in [2.05, 4.69) is 22.6 Å². The third-order valence-electron chi connectivity index (χ3n) is 6.24. The molecule has 2 aromatic heterocycles. The summed E-state index contributed by atoms with van der Waals surface area (Å²) in [7, 11) is 0. The summed E-state index contributed by atoms with van der Waals surface area (Å²) < 4.78 is 6.87. The van der Waals surface area contributed by atoms with E-state index in [4.69, 9.17) is 14.6 Å². The molecule has 0 atom stereocenters. The quantitative estimate of drug-likeness (QED) is 0.246. The van der Waals surface area contributed by atoms with Gasteiger partial charge in [-0.25, -0.2) is 24.6 Å². The molecule has 2 aromatic carbocycles. The first-order chi connectivity index (χ1) is 18.6. The summed E-state index contributed by atoms with van der Waals surface area (Å²) in [5.74, 6) is -0.324. The van der Waals surface area contributed by atoms with Crippen molar-refractivity contribution in [1.29, 1.82) is 0 Å². The topological polar surface area (TPSA) is 95.3 Å². The summed E-state index contributed by atoms with van der Waals surface area (Å²) in [5, 5.41) is 0.474. The molecule has 5 rings (SSSR count). The number of ether oxygens (including phenoxy) is 1.